The van der Waals surface area contributed by atoms with Crippen LogP contribution in [0.3, 0.4) is 0 Å². The minimum absolute atomic E-state index is 0.0717. The minimum Gasteiger partial charge on any atom is -0.444 e. The molecule has 0 aromatic heterocycles. The Kier molecular flexibility index (Phi) is 21.0. The van der Waals surface area contributed by atoms with Gasteiger partial charge in [0, 0.05) is 42.6 Å². The van der Waals surface area contributed by atoms with Crippen molar-refractivity contribution in [3.63, 3.8) is 0 Å². The van der Waals surface area contributed by atoms with Gasteiger partial charge >= 0.3 is 12.2 Å². The highest BCUT2D eigenvalue weighted by molar-refractivity contribution is 8.76. The maximum atomic E-state index is 13.8. The maximum Gasteiger partial charge on any atom is 0.407 e. The Labute approximate surface area is 394 Å². The molecule has 0 radical (unpaired) electrons. The maximum absolute atomic E-state index is 13.8. The van der Waals surface area contributed by atoms with Gasteiger partial charge in [-0.05, 0) is 172 Å². The predicted octanol–water partition coefficient (Wildman–Crippen LogP) is 14.6. The van der Waals surface area contributed by atoms with E-state index in [0.29, 0.717) is 35.5 Å². The van der Waals surface area contributed by atoms with Crippen LogP contribution in [-0.2, 0) is 14.3 Å². The quantitative estimate of drug-likeness (QED) is 0.0599. The largest absolute Gasteiger partial charge is 0.444 e. The summed E-state index contributed by atoms with van der Waals surface area (Å²) in [5, 5.41) is 6.53. The molecule has 3 saturated carbocycles. The first-order valence-electron chi connectivity index (χ1n) is 25.7. The molecule has 4 aliphatic rings. The highest BCUT2D eigenvalue weighted by atomic mass is 33.1. The Morgan fingerprint density at radius 1 is 0.746 bits per heavy atom. The van der Waals surface area contributed by atoms with Crippen molar-refractivity contribution in [1.82, 2.24) is 15.5 Å². The molecule has 0 aromatic carbocycles. The Morgan fingerprint density at radius 3 is 2.03 bits per heavy atom. The van der Waals surface area contributed by atoms with E-state index in [1.807, 2.05) is 81.9 Å². The van der Waals surface area contributed by atoms with Crippen LogP contribution in [0.2, 0.25) is 0 Å². The zero-order chi connectivity index (χ0) is 46.6. The number of hydrogen-bond donors (Lipinski definition) is 2. The van der Waals surface area contributed by atoms with Crippen molar-refractivity contribution in [2.45, 2.75) is 241 Å². The summed E-state index contributed by atoms with van der Waals surface area (Å²) in [5.74, 6) is 6.27. The van der Waals surface area contributed by atoms with E-state index in [4.69, 9.17) is 9.47 Å². The first-order valence-corrected chi connectivity index (χ1v) is 28.1. The molecular weight excluding hydrogens is 823 g/mol. The first kappa shape index (κ1) is 54.1. The number of carbonyl (C=O) groups excluding carboxylic acids is 3. The van der Waals surface area contributed by atoms with E-state index in [9.17, 15) is 14.4 Å². The van der Waals surface area contributed by atoms with Gasteiger partial charge in [0.1, 0.15) is 11.2 Å². The van der Waals surface area contributed by atoms with Gasteiger partial charge in [0.25, 0.3) is 0 Å². The molecule has 4 aliphatic carbocycles. The summed E-state index contributed by atoms with van der Waals surface area (Å²) in [7, 11) is 3.95. The number of nitrogens with one attached hydrogen (secondary N) is 2. The Balaban J connectivity index is 1.22. The third-order valence-corrected chi connectivity index (χ3v) is 18.5. The van der Waals surface area contributed by atoms with Crippen LogP contribution < -0.4 is 10.6 Å². The number of carbonyl (C=O) groups is 3. The lowest BCUT2D eigenvalue weighted by atomic mass is 9.47. The molecule has 8 nitrogen and oxygen atoms in total. The van der Waals surface area contributed by atoms with E-state index in [1.54, 1.807) is 5.57 Å². The van der Waals surface area contributed by atoms with Crippen molar-refractivity contribution in [3.05, 3.63) is 11.6 Å². The van der Waals surface area contributed by atoms with Crippen molar-refractivity contribution in [2.75, 3.05) is 18.8 Å². The number of hydrogen-bond acceptors (Lipinski definition) is 7. The van der Waals surface area contributed by atoms with E-state index in [0.717, 1.165) is 86.3 Å². The van der Waals surface area contributed by atoms with Crippen molar-refractivity contribution in [2.24, 2.45) is 46.3 Å². The predicted molar refractivity (Wildman–Crippen MR) is 268 cm³/mol. The summed E-state index contributed by atoms with van der Waals surface area (Å²) < 4.78 is 10.9. The normalized spacial score (nSPS) is 28.5. The van der Waals surface area contributed by atoms with E-state index >= 15 is 0 Å². The van der Waals surface area contributed by atoms with Crippen molar-refractivity contribution < 1.29 is 23.9 Å². The fourth-order valence-corrected chi connectivity index (χ4v) is 14.9. The van der Waals surface area contributed by atoms with Gasteiger partial charge in [-0.25, -0.2) is 9.59 Å². The van der Waals surface area contributed by atoms with Crippen LogP contribution in [0.4, 0.5) is 9.59 Å². The number of allylic oxidation sites excluding steroid dienone is 2. The lowest BCUT2D eigenvalue weighted by Crippen LogP contribution is -2.50. The summed E-state index contributed by atoms with van der Waals surface area (Å²) in [6.45, 7) is 29.3. The van der Waals surface area contributed by atoms with Gasteiger partial charge in [-0.1, -0.05) is 113 Å². The average Bonchev–Trinajstić information content (AvgIpc) is 3.52. The van der Waals surface area contributed by atoms with E-state index in [2.05, 4.69) is 51.3 Å². The summed E-state index contributed by atoms with van der Waals surface area (Å²) in [6.07, 6.45) is 24.5. The van der Waals surface area contributed by atoms with Crippen molar-refractivity contribution in [3.8, 4) is 0 Å². The number of amides is 3. The minimum atomic E-state index is -0.551. The van der Waals surface area contributed by atoms with E-state index in [1.165, 1.54) is 70.6 Å². The van der Waals surface area contributed by atoms with E-state index in [-0.39, 0.29) is 24.1 Å². The molecule has 364 valence electrons. The summed E-state index contributed by atoms with van der Waals surface area (Å²) in [6, 6.07) is -0.0264. The van der Waals surface area contributed by atoms with Gasteiger partial charge in [0.05, 0.1) is 0 Å². The second kappa shape index (κ2) is 24.5. The van der Waals surface area contributed by atoms with E-state index < -0.39 is 17.3 Å². The molecule has 0 aromatic rings. The number of ether oxygens (including phenoxy) is 2. The van der Waals surface area contributed by atoms with Crippen LogP contribution >= 0.6 is 21.6 Å². The number of unbranched alkanes of at least 4 members (excludes halogenated alkanes) is 4. The van der Waals surface area contributed by atoms with Crippen LogP contribution in [0.5, 0.6) is 0 Å². The van der Waals surface area contributed by atoms with Crippen LogP contribution in [0, 0.1) is 46.3 Å². The second-order valence-corrected chi connectivity index (χ2v) is 26.4. The first-order chi connectivity index (χ1) is 29.5. The third kappa shape index (κ3) is 16.9. The number of alkyl carbamates (subject to hydrolysis) is 2. The average molecular weight is 918 g/mol. The number of nitrogens with zero attached hydrogens (tertiary/aromatic N) is 1. The Morgan fingerprint density at radius 2 is 1.38 bits per heavy atom. The zero-order valence-corrected chi connectivity index (χ0v) is 44.3. The third-order valence-electron chi connectivity index (χ3n) is 15.6. The lowest BCUT2D eigenvalue weighted by Gasteiger charge is -2.58. The van der Waals surface area contributed by atoms with Crippen LogP contribution in [-0.4, -0.2) is 70.4 Å². The fraction of sp³-hybridized carbons (Fsp3) is 0.906. The van der Waals surface area contributed by atoms with Gasteiger partial charge < -0.3 is 25.0 Å². The molecule has 10 heteroatoms. The van der Waals surface area contributed by atoms with Gasteiger partial charge in [0.15, 0.2) is 0 Å². The molecule has 0 spiro atoms. The molecule has 2 N–H and O–H groups in total. The molecule has 4 rings (SSSR count). The summed E-state index contributed by atoms with van der Waals surface area (Å²) >= 11 is 0. The van der Waals surface area contributed by atoms with Gasteiger partial charge in [-0.2, -0.15) is 0 Å². The van der Waals surface area contributed by atoms with Crippen LogP contribution in [0.15, 0.2) is 11.6 Å². The molecule has 0 saturated heterocycles. The SMILES string of the molecule is CC(C)CCC[C@@H](C)[C@H]1CC[C@H]2[C@@H]3CC=C4C[C@@H](SSCCC(=O)N(CCCCCCCC(C)NC(=O)OC(C)(C)C)CCC(C)NC(=O)OC(C)(C)C)CC[C@]4(C)[C@H]3CC[C@]12C. The number of fused-ring (bicyclic) bond motifs is 5. The summed E-state index contributed by atoms with van der Waals surface area (Å²) in [4.78, 5) is 40.3. The molecule has 0 aliphatic heterocycles. The summed E-state index contributed by atoms with van der Waals surface area (Å²) in [5.41, 5.74) is 1.62. The fourth-order valence-electron chi connectivity index (χ4n) is 12.3. The van der Waals surface area contributed by atoms with Gasteiger partial charge in [-0.3, -0.25) is 4.79 Å². The van der Waals surface area contributed by atoms with Crippen molar-refractivity contribution in [1.29, 1.82) is 0 Å². The molecule has 10 atom stereocenters. The highest BCUT2D eigenvalue weighted by Gasteiger charge is 2.59. The smallest absolute Gasteiger partial charge is 0.407 e. The molecule has 0 bridgehead atoms. The molecule has 3 amide bonds. The zero-order valence-electron chi connectivity index (χ0n) is 42.6. The topological polar surface area (TPSA) is 97.0 Å². The molecule has 2 unspecified atom stereocenters. The highest BCUT2D eigenvalue weighted by Crippen LogP contribution is 2.67. The standard InChI is InChI=1S/C53H95N3O5S2/c1-37(2)20-19-21-38(3)44-25-26-45-43-24-23-41-36-42(27-31-52(41,12)46(43)28-32-53(44,45)13)63-62-35-30-47(57)56(34-29-40(5)55-49(59)61-51(9,10)11)33-18-16-14-15-17-22-39(4)54-48(58)60-50(6,7)8/h23,37-40,42-46H,14-22,24-36H2,1-13H3,(H,54,58)(H,55,59)/t38-,39?,40?,42+,43+,44-,45+,46+,52+,53-/m1/s1. The molecule has 3 fully saturated rings. The van der Waals surface area contributed by atoms with Gasteiger partial charge in [0.2, 0.25) is 5.91 Å². The van der Waals surface area contributed by atoms with Crippen LogP contribution in [0.25, 0.3) is 0 Å². The number of rotatable bonds is 23. The molecular formula is C53H95N3O5S2. The second-order valence-electron chi connectivity index (χ2n) is 23.6. The monoisotopic (exact) mass is 918 g/mol. The van der Waals surface area contributed by atoms with Gasteiger partial charge in [-0.15, -0.1) is 0 Å². The van der Waals surface area contributed by atoms with Crippen LogP contribution in [0.1, 0.15) is 212 Å². The molecule has 63 heavy (non-hydrogen) atoms. The van der Waals surface area contributed by atoms with Crippen molar-refractivity contribution >= 4 is 39.7 Å². The molecule has 0 heterocycles. The lowest BCUT2D eigenvalue weighted by molar-refractivity contribution is -0.131. The Hall–Kier alpha value is -1.55. The Bertz CT molecular complexity index is 1470.